The monoisotopic (exact) mass is 454 g/mol. The van der Waals surface area contributed by atoms with E-state index >= 15 is 0 Å². The van der Waals surface area contributed by atoms with E-state index in [0.717, 1.165) is 47.5 Å². The molecule has 2 aliphatic rings. The first kappa shape index (κ1) is 20.1. The van der Waals surface area contributed by atoms with Crippen LogP contribution in [-0.4, -0.2) is 50.2 Å². The second-order valence-corrected chi connectivity index (χ2v) is 9.32. The number of fused-ring (bicyclic) bond motifs is 1. The summed E-state index contributed by atoms with van der Waals surface area (Å²) < 4.78 is 0.969. The number of amides is 1. The van der Waals surface area contributed by atoms with Crippen LogP contribution in [0.4, 0.5) is 11.4 Å². The lowest BCUT2D eigenvalue weighted by molar-refractivity contribution is -0.123. The second kappa shape index (κ2) is 7.92. The van der Waals surface area contributed by atoms with E-state index in [9.17, 15) is 4.79 Å². The third-order valence-corrected chi connectivity index (χ3v) is 6.32. The van der Waals surface area contributed by atoms with Crippen LogP contribution >= 0.6 is 15.9 Å². The van der Waals surface area contributed by atoms with Gasteiger partial charge in [0.15, 0.2) is 0 Å². The SMILES string of the molecule is CN1CCN(c2ccc(N=CC3C(=O)NC(C)(C)c4ccc(Br)cc43)cc2)CC1. The number of rotatable bonds is 3. The van der Waals surface area contributed by atoms with Crippen LogP contribution in [0.15, 0.2) is 51.9 Å². The number of nitrogens with one attached hydrogen (secondary N) is 1. The van der Waals surface area contributed by atoms with Gasteiger partial charge < -0.3 is 15.1 Å². The minimum absolute atomic E-state index is 0.0154. The molecule has 1 unspecified atom stereocenters. The smallest absolute Gasteiger partial charge is 0.233 e. The summed E-state index contributed by atoms with van der Waals surface area (Å²) in [7, 11) is 2.16. The van der Waals surface area contributed by atoms with Crippen molar-refractivity contribution in [2.45, 2.75) is 25.3 Å². The maximum absolute atomic E-state index is 12.8. The Morgan fingerprint density at radius 1 is 1.10 bits per heavy atom. The molecule has 2 aromatic carbocycles. The summed E-state index contributed by atoms with van der Waals surface area (Å²) in [5.74, 6) is -0.411. The third kappa shape index (κ3) is 4.23. The highest BCUT2D eigenvalue weighted by Gasteiger charge is 2.37. The number of likely N-dealkylation sites (N-methyl/N-ethyl adjacent to an activating group) is 1. The van der Waals surface area contributed by atoms with Crippen molar-refractivity contribution >= 4 is 39.4 Å². The van der Waals surface area contributed by atoms with Crippen molar-refractivity contribution in [1.82, 2.24) is 10.2 Å². The molecule has 0 saturated carbocycles. The van der Waals surface area contributed by atoms with Crippen LogP contribution in [0.25, 0.3) is 0 Å². The van der Waals surface area contributed by atoms with Crippen molar-refractivity contribution in [3.05, 3.63) is 58.1 Å². The molecule has 4 rings (SSSR count). The number of halogens is 1. The Hall–Kier alpha value is -2.18. The van der Waals surface area contributed by atoms with Crippen molar-refractivity contribution in [2.75, 3.05) is 38.1 Å². The highest BCUT2D eigenvalue weighted by Crippen LogP contribution is 2.36. The van der Waals surface area contributed by atoms with Crippen LogP contribution in [0.2, 0.25) is 0 Å². The van der Waals surface area contributed by atoms with Gasteiger partial charge in [0.1, 0.15) is 0 Å². The van der Waals surface area contributed by atoms with Gasteiger partial charge in [-0.1, -0.05) is 22.0 Å². The predicted octanol–water partition coefficient (Wildman–Crippen LogP) is 4.05. The summed E-state index contributed by atoms with van der Waals surface area (Å²) in [6.07, 6.45) is 1.76. The van der Waals surface area contributed by atoms with E-state index in [1.54, 1.807) is 6.21 Å². The van der Waals surface area contributed by atoms with Crippen LogP contribution in [-0.2, 0) is 10.3 Å². The lowest BCUT2D eigenvalue weighted by Crippen LogP contribution is -2.48. The summed E-state index contributed by atoms with van der Waals surface area (Å²) in [5, 5.41) is 3.12. The normalized spacial score (nSPS) is 21.9. The number of aliphatic imine (C=N–C) groups is 1. The molecule has 0 bridgehead atoms. The van der Waals surface area contributed by atoms with Crippen molar-refractivity contribution in [3.8, 4) is 0 Å². The van der Waals surface area contributed by atoms with E-state index in [0.29, 0.717) is 0 Å². The molecule has 1 amide bonds. The number of anilines is 1. The molecule has 0 radical (unpaired) electrons. The summed E-state index contributed by atoms with van der Waals surface area (Å²) in [4.78, 5) is 22.1. The van der Waals surface area contributed by atoms with Crippen LogP contribution < -0.4 is 10.2 Å². The minimum Gasteiger partial charge on any atom is -0.369 e. The number of hydrogen-bond acceptors (Lipinski definition) is 4. The summed E-state index contributed by atoms with van der Waals surface area (Å²) in [5.41, 5.74) is 3.83. The first-order chi connectivity index (χ1) is 13.8. The van der Waals surface area contributed by atoms with E-state index in [4.69, 9.17) is 0 Å². The van der Waals surface area contributed by atoms with Gasteiger partial charge in [-0.15, -0.1) is 0 Å². The maximum Gasteiger partial charge on any atom is 0.233 e. The lowest BCUT2D eigenvalue weighted by atomic mass is 9.80. The Balaban J connectivity index is 1.54. The number of benzene rings is 2. The molecule has 0 spiro atoms. The van der Waals surface area contributed by atoms with E-state index in [1.165, 1.54) is 5.69 Å². The van der Waals surface area contributed by atoms with Crippen molar-refractivity contribution < 1.29 is 4.79 Å². The number of hydrogen-bond donors (Lipinski definition) is 1. The molecule has 2 aromatic rings. The molecular weight excluding hydrogens is 428 g/mol. The Labute approximate surface area is 180 Å². The second-order valence-electron chi connectivity index (χ2n) is 8.41. The molecule has 152 valence electrons. The fourth-order valence-electron chi connectivity index (χ4n) is 4.08. The van der Waals surface area contributed by atoms with Gasteiger partial charge in [0.25, 0.3) is 0 Å². The van der Waals surface area contributed by atoms with Gasteiger partial charge in [0.2, 0.25) is 5.91 Å². The van der Waals surface area contributed by atoms with Crippen LogP contribution in [0.1, 0.15) is 30.9 Å². The molecule has 6 heteroatoms. The van der Waals surface area contributed by atoms with Gasteiger partial charge in [0.05, 0.1) is 17.1 Å². The Morgan fingerprint density at radius 2 is 1.79 bits per heavy atom. The van der Waals surface area contributed by atoms with E-state index in [1.807, 2.05) is 38.1 Å². The van der Waals surface area contributed by atoms with E-state index < -0.39 is 5.92 Å². The van der Waals surface area contributed by atoms with E-state index in [2.05, 4.69) is 61.3 Å². The molecule has 0 aromatic heterocycles. The van der Waals surface area contributed by atoms with Crippen LogP contribution in [0.5, 0.6) is 0 Å². The lowest BCUT2D eigenvalue weighted by Gasteiger charge is -2.36. The number of nitrogens with zero attached hydrogens (tertiary/aromatic N) is 3. The topological polar surface area (TPSA) is 47.9 Å². The molecule has 1 atom stereocenters. The van der Waals surface area contributed by atoms with Crippen molar-refractivity contribution in [3.63, 3.8) is 0 Å². The molecule has 29 heavy (non-hydrogen) atoms. The summed E-state index contributed by atoms with van der Waals surface area (Å²) >= 11 is 3.54. The average molecular weight is 455 g/mol. The molecule has 5 nitrogen and oxygen atoms in total. The fraction of sp³-hybridized carbons (Fsp3) is 0.391. The van der Waals surface area contributed by atoms with E-state index in [-0.39, 0.29) is 11.4 Å². The maximum atomic E-state index is 12.8. The first-order valence-electron chi connectivity index (χ1n) is 10.0. The highest BCUT2D eigenvalue weighted by molar-refractivity contribution is 9.10. The van der Waals surface area contributed by atoms with Gasteiger partial charge in [-0.2, -0.15) is 0 Å². The molecule has 1 fully saturated rings. The summed E-state index contributed by atoms with van der Waals surface area (Å²) in [6.45, 7) is 8.32. The number of carbonyl (C=O) groups excluding carboxylic acids is 1. The first-order valence-corrected chi connectivity index (χ1v) is 10.8. The number of piperazine rings is 1. The molecule has 2 heterocycles. The Bertz CT molecular complexity index is 930. The minimum atomic E-state index is -0.396. The van der Waals surface area contributed by atoms with Gasteiger partial charge in [0, 0.05) is 42.6 Å². The number of carbonyl (C=O) groups is 1. The predicted molar refractivity (Wildman–Crippen MR) is 122 cm³/mol. The Kier molecular flexibility index (Phi) is 5.49. The van der Waals surface area contributed by atoms with Crippen molar-refractivity contribution in [1.29, 1.82) is 0 Å². The molecular formula is C23H27BrN4O. The molecule has 2 aliphatic heterocycles. The Morgan fingerprint density at radius 3 is 2.48 bits per heavy atom. The van der Waals surface area contributed by atoms with Gasteiger partial charge in [-0.25, -0.2) is 0 Å². The largest absolute Gasteiger partial charge is 0.369 e. The zero-order valence-electron chi connectivity index (χ0n) is 17.2. The molecule has 1 saturated heterocycles. The van der Waals surface area contributed by atoms with Crippen LogP contribution in [0, 0.1) is 0 Å². The zero-order valence-corrected chi connectivity index (χ0v) is 18.7. The van der Waals surface area contributed by atoms with Gasteiger partial charge >= 0.3 is 0 Å². The third-order valence-electron chi connectivity index (χ3n) is 5.83. The highest BCUT2D eigenvalue weighted by atomic mass is 79.9. The van der Waals surface area contributed by atoms with Crippen LogP contribution in [0.3, 0.4) is 0 Å². The average Bonchev–Trinajstić information content (AvgIpc) is 2.68. The zero-order chi connectivity index (χ0) is 20.6. The van der Waals surface area contributed by atoms with Gasteiger partial charge in [-0.3, -0.25) is 9.79 Å². The molecule has 0 aliphatic carbocycles. The fourth-order valence-corrected chi connectivity index (χ4v) is 4.46. The summed E-state index contributed by atoms with van der Waals surface area (Å²) in [6, 6.07) is 14.4. The quantitative estimate of drug-likeness (QED) is 0.711. The standard InChI is InChI=1S/C23H27BrN4O/c1-23(2)21-9-4-16(24)14-19(21)20(22(29)26-23)15-25-17-5-7-18(8-6-17)28-12-10-27(3)11-13-28/h4-9,14-15,20H,10-13H2,1-3H3,(H,26,29). The molecule has 1 N–H and O–H groups in total. The van der Waals surface area contributed by atoms with Crippen molar-refractivity contribution in [2.24, 2.45) is 4.99 Å². The van der Waals surface area contributed by atoms with Gasteiger partial charge in [-0.05, 0) is 68.4 Å².